The summed E-state index contributed by atoms with van der Waals surface area (Å²) in [4.78, 5) is 30.4. The topological polar surface area (TPSA) is 49.9 Å². The van der Waals surface area contributed by atoms with Gasteiger partial charge in [0.05, 0.1) is 13.5 Å². The molecule has 1 aromatic carbocycles. The van der Waals surface area contributed by atoms with Crippen molar-refractivity contribution in [2.45, 2.75) is 18.8 Å². The van der Waals surface area contributed by atoms with E-state index in [1.165, 1.54) is 4.88 Å². The number of nitrogens with zero attached hydrogens (tertiary/aromatic N) is 2. The van der Waals surface area contributed by atoms with Gasteiger partial charge in [0.25, 0.3) is 0 Å². The first-order chi connectivity index (χ1) is 13.2. The fraction of sp³-hybridized carbons (Fsp3) is 0.429. The molecule has 0 bridgehead atoms. The Morgan fingerprint density at radius 1 is 1.07 bits per heavy atom. The maximum Gasteiger partial charge on any atom is 0.227 e. The Bertz CT molecular complexity index is 795. The van der Waals surface area contributed by atoms with Crippen molar-refractivity contribution in [2.24, 2.45) is 5.92 Å². The smallest absolute Gasteiger partial charge is 0.227 e. The summed E-state index contributed by atoms with van der Waals surface area (Å²) < 4.78 is 5.15. The lowest BCUT2D eigenvalue weighted by atomic mass is 10.1. The fourth-order valence-corrected chi connectivity index (χ4v) is 4.63. The predicted octanol–water partition coefficient (Wildman–Crippen LogP) is 2.77. The lowest BCUT2D eigenvalue weighted by molar-refractivity contribution is -0.140. The Hall–Kier alpha value is -2.34. The van der Waals surface area contributed by atoms with Gasteiger partial charge >= 0.3 is 0 Å². The highest BCUT2D eigenvalue weighted by molar-refractivity contribution is 7.10. The Kier molecular flexibility index (Phi) is 5.16. The van der Waals surface area contributed by atoms with Crippen molar-refractivity contribution < 1.29 is 14.3 Å². The van der Waals surface area contributed by atoms with Crippen LogP contribution in [0, 0.1) is 5.92 Å². The molecule has 1 aromatic heterocycles. The molecule has 2 aromatic rings. The van der Waals surface area contributed by atoms with Crippen LogP contribution < -0.4 is 4.74 Å². The van der Waals surface area contributed by atoms with Crippen molar-refractivity contribution in [2.75, 3.05) is 33.3 Å². The largest absolute Gasteiger partial charge is 0.497 e. The van der Waals surface area contributed by atoms with Crippen molar-refractivity contribution in [3.8, 4) is 5.75 Å². The van der Waals surface area contributed by atoms with E-state index in [0.29, 0.717) is 38.5 Å². The van der Waals surface area contributed by atoms with E-state index in [9.17, 15) is 9.59 Å². The molecule has 1 saturated heterocycles. The third-order valence-electron chi connectivity index (χ3n) is 5.47. The molecule has 0 spiro atoms. The van der Waals surface area contributed by atoms with Gasteiger partial charge in [0.15, 0.2) is 0 Å². The zero-order valence-corrected chi connectivity index (χ0v) is 16.3. The molecule has 2 atom stereocenters. The van der Waals surface area contributed by atoms with Crippen LogP contribution in [0.4, 0.5) is 0 Å². The van der Waals surface area contributed by atoms with Crippen LogP contribution in [0.3, 0.4) is 0 Å². The second kappa shape index (κ2) is 7.72. The molecule has 0 radical (unpaired) electrons. The van der Waals surface area contributed by atoms with Gasteiger partial charge in [-0.05, 0) is 35.6 Å². The van der Waals surface area contributed by atoms with Crippen molar-refractivity contribution in [1.82, 2.24) is 9.80 Å². The lowest BCUT2D eigenvalue weighted by Crippen LogP contribution is -2.51. The van der Waals surface area contributed by atoms with Gasteiger partial charge in [-0.25, -0.2) is 0 Å². The summed E-state index contributed by atoms with van der Waals surface area (Å²) in [7, 11) is 1.63. The SMILES string of the molecule is COc1ccc(CC(=O)N2CCN(C(=O)C3CC3c3cccs3)CC2)cc1. The van der Waals surface area contributed by atoms with Crippen molar-refractivity contribution >= 4 is 23.2 Å². The Morgan fingerprint density at radius 3 is 2.41 bits per heavy atom. The van der Waals surface area contributed by atoms with Crippen molar-refractivity contribution in [3.05, 3.63) is 52.2 Å². The van der Waals surface area contributed by atoms with Crippen LogP contribution in [-0.4, -0.2) is 54.9 Å². The highest BCUT2D eigenvalue weighted by Gasteiger charge is 2.46. The first kappa shape index (κ1) is 18.0. The third-order valence-corrected chi connectivity index (χ3v) is 6.48. The zero-order valence-electron chi connectivity index (χ0n) is 15.5. The van der Waals surface area contributed by atoms with Gasteiger partial charge in [-0.2, -0.15) is 0 Å². The summed E-state index contributed by atoms with van der Waals surface area (Å²) in [6.45, 7) is 2.52. The number of benzene rings is 1. The van der Waals surface area contributed by atoms with Crippen LogP contribution in [0.15, 0.2) is 41.8 Å². The number of hydrogen-bond donors (Lipinski definition) is 0. The van der Waals surface area contributed by atoms with E-state index in [1.807, 2.05) is 40.1 Å². The molecule has 1 aliphatic carbocycles. The van der Waals surface area contributed by atoms with E-state index in [1.54, 1.807) is 18.4 Å². The highest BCUT2D eigenvalue weighted by Crippen LogP contribution is 2.50. The number of amides is 2. The molecule has 4 rings (SSSR count). The van der Waals surface area contributed by atoms with E-state index in [2.05, 4.69) is 11.4 Å². The number of ether oxygens (including phenoxy) is 1. The average Bonchev–Trinajstić information content (AvgIpc) is 3.32. The van der Waals surface area contributed by atoms with Gasteiger partial charge in [0.1, 0.15) is 5.75 Å². The third kappa shape index (κ3) is 4.00. The predicted molar refractivity (Wildman–Crippen MR) is 105 cm³/mol. The molecule has 2 unspecified atom stereocenters. The second-order valence-corrected chi connectivity index (χ2v) is 8.17. The van der Waals surface area contributed by atoms with E-state index in [4.69, 9.17) is 4.74 Å². The summed E-state index contributed by atoms with van der Waals surface area (Å²) >= 11 is 1.74. The van der Waals surface area contributed by atoms with Crippen LogP contribution in [0.5, 0.6) is 5.75 Å². The van der Waals surface area contributed by atoms with Gasteiger partial charge in [0, 0.05) is 42.9 Å². The van der Waals surface area contributed by atoms with E-state index in [-0.39, 0.29) is 17.7 Å². The van der Waals surface area contributed by atoms with E-state index in [0.717, 1.165) is 17.7 Å². The maximum absolute atomic E-state index is 12.7. The van der Waals surface area contributed by atoms with E-state index < -0.39 is 0 Å². The van der Waals surface area contributed by atoms with Gasteiger partial charge < -0.3 is 14.5 Å². The average molecular weight is 385 g/mol. The van der Waals surface area contributed by atoms with Crippen molar-refractivity contribution in [3.63, 3.8) is 0 Å². The van der Waals surface area contributed by atoms with Crippen LogP contribution in [0.1, 0.15) is 22.8 Å². The molecule has 1 saturated carbocycles. The summed E-state index contributed by atoms with van der Waals surface area (Å²) in [5.41, 5.74) is 0.982. The minimum absolute atomic E-state index is 0.121. The number of thiophene rings is 1. The molecule has 2 fully saturated rings. The zero-order chi connectivity index (χ0) is 18.8. The normalized spacial score (nSPS) is 21.8. The monoisotopic (exact) mass is 384 g/mol. The quantitative estimate of drug-likeness (QED) is 0.797. The minimum atomic E-state index is 0.121. The summed E-state index contributed by atoms with van der Waals surface area (Å²) in [5.74, 6) is 1.72. The summed E-state index contributed by atoms with van der Waals surface area (Å²) in [5, 5.41) is 2.07. The molecule has 1 aliphatic heterocycles. The van der Waals surface area contributed by atoms with Crippen LogP contribution >= 0.6 is 11.3 Å². The van der Waals surface area contributed by atoms with Gasteiger partial charge in [-0.3, -0.25) is 9.59 Å². The number of piperazine rings is 1. The molecular formula is C21H24N2O3S. The highest BCUT2D eigenvalue weighted by atomic mass is 32.1. The van der Waals surface area contributed by atoms with Crippen LogP contribution in [-0.2, 0) is 16.0 Å². The number of rotatable bonds is 5. The molecule has 6 heteroatoms. The molecule has 5 nitrogen and oxygen atoms in total. The first-order valence-corrected chi connectivity index (χ1v) is 10.3. The molecule has 142 valence electrons. The van der Waals surface area contributed by atoms with Crippen molar-refractivity contribution in [1.29, 1.82) is 0 Å². The summed E-state index contributed by atoms with van der Waals surface area (Å²) in [6.07, 6.45) is 1.36. The number of carbonyl (C=O) groups is 2. The Labute approximate surface area is 163 Å². The van der Waals surface area contributed by atoms with Gasteiger partial charge in [-0.15, -0.1) is 11.3 Å². The number of hydrogen-bond acceptors (Lipinski definition) is 4. The molecule has 2 aliphatic rings. The fourth-order valence-electron chi connectivity index (χ4n) is 3.73. The standard InChI is InChI=1S/C21H24N2O3S/c1-26-16-6-4-15(5-7-16)13-20(24)22-8-10-23(11-9-22)21(25)18-14-17(18)19-3-2-12-27-19/h2-7,12,17-18H,8-11,13-14H2,1H3. The van der Waals surface area contributed by atoms with Crippen LogP contribution in [0.2, 0.25) is 0 Å². The maximum atomic E-state index is 12.7. The lowest BCUT2D eigenvalue weighted by Gasteiger charge is -2.35. The number of methoxy groups -OCH3 is 1. The molecule has 27 heavy (non-hydrogen) atoms. The molecular weight excluding hydrogens is 360 g/mol. The number of carbonyl (C=O) groups excluding carboxylic acids is 2. The Balaban J connectivity index is 1.26. The van der Waals surface area contributed by atoms with Gasteiger partial charge in [-0.1, -0.05) is 18.2 Å². The van der Waals surface area contributed by atoms with E-state index >= 15 is 0 Å². The summed E-state index contributed by atoms with van der Waals surface area (Å²) in [6, 6.07) is 11.8. The van der Waals surface area contributed by atoms with Gasteiger partial charge in [0.2, 0.25) is 11.8 Å². The first-order valence-electron chi connectivity index (χ1n) is 9.38. The second-order valence-electron chi connectivity index (χ2n) is 7.20. The minimum Gasteiger partial charge on any atom is -0.497 e. The molecule has 0 N–H and O–H groups in total. The molecule has 2 amide bonds. The molecule has 2 heterocycles. The van der Waals surface area contributed by atoms with Crippen LogP contribution in [0.25, 0.3) is 0 Å². The Morgan fingerprint density at radius 2 is 1.78 bits per heavy atom.